The summed E-state index contributed by atoms with van der Waals surface area (Å²) in [5.74, 6) is -0.129. The molecule has 3 rings (SSSR count). The van der Waals surface area contributed by atoms with E-state index in [4.69, 9.17) is 0 Å². The molecule has 1 heterocycles. The van der Waals surface area contributed by atoms with Crippen molar-refractivity contribution in [2.24, 2.45) is 0 Å². The molecular formula is C18H21N3O. The molecule has 0 bridgehead atoms. The summed E-state index contributed by atoms with van der Waals surface area (Å²) in [6.45, 7) is 6.10. The molecule has 0 saturated heterocycles. The summed E-state index contributed by atoms with van der Waals surface area (Å²) in [6, 6.07) is 4.16. The Hall–Kier alpha value is -2.23. The van der Waals surface area contributed by atoms with Gasteiger partial charge in [-0.25, -0.2) is 9.97 Å². The zero-order valence-electron chi connectivity index (χ0n) is 13.4. The van der Waals surface area contributed by atoms with Crippen molar-refractivity contribution in [1.82, 2.24) is 9.97 Å². The van der Waals surface area contributed by atoms with Crippen LogP contribution in [0.15, 0.2) is 18.5 Å². The van der Waals surface area contributed by atoms with E-state index in [1.54, 1.807) is 0 Å². The van der Waals surface area contributed by atoms with Crippen molar-refractivity contribution in [3.63, 3.8) is 0 Å². The first kappa shape index (κ1) is 14.7. The third kappa shape index (κ3) is 2.73. The number of benzene rings is 1. The Bertz CT molecular complexity index is 714. The molecule has 0 atom stereocenters. The molecular weight excluding hydrogens is 274 g/mol. The van der Waals surface area contributed by atoms with Gasteiger partial charge in [0, 0.05) is 16.9 Å². The molecule has 2 aromatic rings. The van der Waals surface area contributed by atoms with Crippen molar-refractivity contribution in [3.8, 4) is 0 Å². The van der Waals surface area contributed by atoms with E-state index < -0.39 is 0 Å². The maximum Gasteiger partial charge on any atom is 0.274 e. The Labute approximate surface area is 131 Å². The molecule has 4 nitrogen and oxygen atoms in total. The number of nitrogens with zero attached hydrogens (tertiary/aromatic N) is 2. The first-order valence-electron chi connectivity index (χ1n) is 7.78. The van der Waals surface area contributed by atoms with Crippen LogP contribution >= 0.6 is 0 Å². The van der Waals surface area contributed by atoms with Crippen LogP contribution in [-0.4, -0.2) is 15.9 Å². The molecule has 1 aromatic heterocycles. The number of aryl methyl sites for hydroxylation is 4. The lowest BCUT2D eigenvalue weighted by Crippen LogP contribution is -2.20. The van der Waals surface area contributed by atoms with E-state index in [0.29, 0.717) is 5.69 Å². The van der Waals surface area contributed by atoms with Gasteiger partial charge in [0.1, 0.15) is 12.0 Å². The van der Waals surface area contributed by atoms with Crippen molar-refractivity contribution in [2.75, 3.05) is 5.32 Å². The van der Waals surface area contributed by atoms with Crippen LogP contribution in [-0.2, 0) is 12.8 Å². The van der Waals surface area contributed by atoms with Crippen LogP contribution in [0.25, 0.3) is 0 Å². The summed E-state index contributed by atoms with van der Waals surface area (Å²) >= 11 is 0. The standard InChI is InChI=1S/C18H21N3O/c1-11-8-12(2)16(13(3)9-11)21-18(22)17-14-6-4-5-7-15(14)19-10-20-17/h8-10H,4-7H2,1-3H3,(H,21,22). The van der Waals surface area contributed by atoms with Gasteiger partial charge in [-0.1, -0.05) is 17.7 Å². The number of hydrogen-bond donors (Lipinski definition) is 1. The molecule has 1 N–H and O–H groups in total. The Kier molecular flexibility index (Phi) is 3.92. The average Bonchev–Trinajstić information content (AvgIpc) is 2.50. The predicted molar refractivity (Wildman–Crippen MR) is 87.3 cm³/mol. The number of amides is 1. The summed E-state index contributed by atoms with van der Waals surface area (Å²) in [5.41, 5.74) is 6.83. The monoisotopic (exact) mass is 295 g/mol. The summed E-state index contributed by atoms with van der Waals surface area (Å²) in [5, 5.41) is 3.04. The van der Waals surface area contributed by atoms with Gasteiger partial charge in [0.25, 0.3) is 5.91 Å². The number of nitrogens with one attached hydrogen (secondary N) is 1. The van der Waals surface area contributed by atoms with E-state index in [0.717, 1.165) is 53.8 Å². The molecule has 1 aliphatic carbocycles. The smallest absolute Gasteiger partial charge is 0.274 e. The van der Waals surface area contributed by atoms with Gasteiger partial charge in [0.15, 0.2) is 0 Å². The highest BCUT2D eigenvalue weighted by molar-refractivity contribution is 6.04. The van der Waals surface area contributed by atoms with E-state index in [9.17, 15) is 4.79 Å². The van der Waals surface area contributed by atoms with Crippen molar-refractivity contribution < 1.29 is 4.79 Å². The maximum absolute atomic E-state index is 12.7. The third-order valence-corrected chi connectivity index (χ3v) is 4.26. The average molecular weight is 295 g/mol. The third-order valence-electron chi connectivity index (χ3n) is 4.26. The lowest BCUT2D eigenvalue weighted by Gasteiger charge is -2.18. The van der Waals surface area contributed by atoms with Gasteiger partial charge in [-0.15, -0.1) is 0 Å². The normalized spacial score (nSPS) is 13.6. The van der Waals surface area contributed by atoms with Gasteiger partial charge in [-0.05, 0) is 57.6 Å². The van der Waals surface area contributed by atoms with Crippen LogP contribution in [0.2, 0.25) is 0 Å². The molecule has 0 saturated carbocycles. The summed E-state index contributed by atoms with van der Waals surface area (Å²) < 4.78 is 0. The molecule has 0 fully saturated rings. The highest BCUT2D eigenvalue weighted by Crippen LogP contribution is 2.25. The van der Waals surface area contributed by atoms with Gasteiger partial charge in [0.2, 0.25) is 0 Å². The Morgan fingerprint density at radius 1 is 1.05 bits per heavy atom. The molecule has 0 spiro atoms. The van der Waals surface area contributed by atoms with Gasteiger partial charge >= 0.3 is 0 Å². The minimum Gasteiger partial charge on any atom is -0.320 e. The van der Waals surface area contributed by atoms with E-state index in [2.05, 4.69) is 34.3 Å². The minimum atomic E-state index is -0.129. The molecule has 22 heavy (non-hydrogen) atoms. The zero-order chi connectivity index (χ0) is 15.7. The van der Waals surface area contributed by atoms with Crippen LogP contribution in [0, 0.1) is 20.8 Å². The first-order chi connectivity index (χ1) is 10.6. The summed E-state index contributed by atoms with van der Waals surface area (Å²) in [6.07, 6.45) is 5.59. The molecule has 4 heteroatoms. The van der Waals surface area contributed by atoms with E-state index >= 15 is 0 Å². The van der Waals surface area contributed by atoms with Crippen molar-refractivity contribution >= 4 is 11.6 Å². The van der Waals surface area contributed by atoms with Crippen molar-refractivity contribution in [2.45, 2.75) is 46.5 Å². The Morgan fingerprint density at radius 3 is 2.45 bits per heavy atom. The van der Waals surface area contributed by atoms with Gasteiger partial charge in [-0.2, -0.15) is 0 Å². The van der Waals surface area contributed by atoms with E-state index in [1.165, 1.54) is 11.9 Å². The number of carbonyl (C=O) groups excluding carboxylic acids is 1. The first-order valence-corrected chi connectivity index (χ1v) is 7.78. The lowest BCUT2D eigenvalue weighted by molar-refractivity contribution is 0.102. The second-order valence-electron chi connectivity index (χ2n) is 6.08. The second-order valence-corrected chi connectivity index (χ2v) is 6.08. The van der Waals surface area contributed by atoms with Crippen LogP contribution < -0.4 is 5.32 Å². The highest BCUT2D eigenvalue weighted by Gasteiger charge is 2.21. The molecule has 1 aliphatic rings. The fraction of sp³-hybridized carbons (Fsp3) is 0.389. The molecule has 0 radical (unpaired) electrons. The van der Waals surface area contributed by atoms with Crippen LogP contribution in [0.5, 0.6) is 0 Å². The molecule has 1 amide bonds. The Morgan fingerprint density at radius 2 is 1.73 bits per heavy atom. The van der Waals surface area contributed by atoms with E-state index in [1.807, 2.05) is 13.8 Å². The van der Waals surface area contributed by atoms with Crippen LogP contribution in [0.4, 0.5) is 5.69 Å². The van der Waals surface area contributed by atoms with Gasteiger partial charge in [-0.3, -0.25) is 4.79 Å². The van der Waals surface area contributed by atoms with Crippen LogP contribution in [0.1, 0.15) is 51.3 Å². The number of hydrogen-bond acceptors (Lipinski definition) is 3. The molecule has 1 aromatic carbocycles. The zero-order valence-corrected chi connectivity index (χ0v) is 13.4. The number of carbonyl (C=O) groups is 1. The molecule has 0 unspecified atom stereocenters. The van der Waals surface area contributed by atoms with E-state index in [-0.39, 0.29) is 5.91 Å². The second kappa shape index (κ2) is 5.87. The Balaban J connectivity index is 1.93. The largest absolute Gasteiger partial charge is 0.320 e. The van der Waals surface area contributed by atoms with Crippen molar-refractivity contribution in [1.29, 1.82) is 0 Å². The number of anilines is 1. The topological polar surface area (TPSA) is 54.9 Å². The molecule has 114 valence electrons. The van der Waals surface area contributed by atoms with Crippen molar-refractivity contribution in [3.05, 3.63) is 52.1 Å². The van der Waals surface area contributed by atoms with Crippen LogP contribution in [0.3, 0.4) is 0 Å². The summed E-state index contributed by atoms with van der Waals surface area (Å²) in [7, 11) is 0. The number of aromatic nitrogens is 2. The maximum atomic E-state index is 12.7. The SMILES string of the molecule is Cc1cc(C)c(NC(=O)c2ncnc3c2CCCC3)c(C)c1. The minimum absolute atomic E-state index is 0.129. The fourth-order valence-corrected chi connectivity index (χ4v) is 3.27. The van der Waals surface area contributed by atoms with Gasteiger partial charge in [0.05, 0.1) is 0 Å². The lowest BCUT2D eigenvalue weighted by atomic mass is 9.94. The molecule has 0 aliphatic heterocycles. The quantitative estimate of drug-likeness (QED) is 0.922. The summed E-state index contributed by atoms with van der Waals surface area (Å²) in [4.78, 5) is 21.2. The number of rotatable bonds is 2. The number of fused-ring (bicyclic) bond motifs is 1. The highest BCUT2D eigenvalue weighted by atomic mass is 16.1. The predicted octanol–water partition coefficient (Wildman–Crippen LogP) is 3.53. The fourth-order valence-electron chi connectivity index (χ4n) is 3.27. The van der Waals surface area contributed by atoms with Gasteiger partial charge < -0.3 is 5.32 Å².